The van der Waals surface area contributed by atoms with Gasteiger partial charge in [-0.1, -0.05) is 6.42 Å². The van der Waals surface area contributed by atoms with Crippen LogP contribution in [-0.2, 0) is 0 Å². The Kier molecular flexibility index (Phi) is 4.37. The van der Waals surface area contributed by atoms with Crippen LogP contribution in [0.25, 0.3) is 0 Å². The van der Waals surface area contributed by atoms with Crippen molar-refractivity contribution in [2.75, 3.05) is 0 Å². The van der Waals surface area contributed by atoms with Gasteiger partial charge >= 0.3 is 0 Å². The number of thiazole rings is 1. The molecule has 5 nitrogen and oxygen atoms in total. The summed E-state index contributed by atoms with van der Waals surface area (Å²) in [6, 6.07) is 5.11. The second-order valence-corrected chi connectivity index (χ2v) is 8.01. The van der Waals surface area contributed by atoms with Gasteiger partial charge in [0.05, 0.1) is 18.0 Å². The fourth-order valence-electron chi connectivity index (χ4n) is 4.04. The molecule has 2 aromatic rings. The van der Waals surface area contributed by atoms with Gasteiger partial charge in [-0.25, -0.2) is 4.68 Å². The van der Waals surface area contributed by atoms with E-state index in [0.29, 0.717) is 6.04 Å². The highest BCUT2D eigenvalue weighted by Gasteiger charge is 2.35. The molecule has 6 heteroatoms. The second kappa shape index (κ2) is 6.67. The number of hydrogen-bond acceptors (Lipinski definition) is 5. The molecule has 2 aliphatic rings. The topological polar surface area (TPSA) is 70.1 Å². The molecule has 0 spiro atoms. The van der Waals surface area contributed by atoms with Crippen LogP contribution in [0.4, 0.5) is 0 Å². The van der Waals surface area contributed by atoms with E-state index in [1.165, 1.54) is 44.2 Å². The van der Waals surface area contributed by atoms with E-state index in [1.54, 1.807) is 23.6 Å². The zero-order valence-corrected chi connectivity index (χ0v) is 15.1. The molecular weight excluding hydrogens is 334 g/mol. The van der Waals surface area contributed by atoms with Gasteiger partial charge in [-0.05, 0) is 68.2 Å². The highest BCUT2D eigenvalue weighted by Crippen LogP contribution is 2.43. The minimum absolute atomic E-state index is 0.126. The molecule has 2 bridgehead atoms. The Morgan fingerprint density at radius 2 is 2.00 bits per heavy atom. The number of aromatic nitrogens is 1. The van der Waals surface area contributed by atoms with Crippen molar-refractivity contribution >= 4 is 17.6 Å². The van der Waals surface area contributed by atoms with Gasteiger partial charge in [0.25, 0.3) is 0 Å². The highest BCUT2D eigenvalue weighted by molar-refractivity contribution is 7.07. The van der Waals surface area contributed by atoms with E-state index in [4.69, 9.17) is 4.99 Å². The van der Waals surface area contributed by atoms with Gasteiger partial charge in [0.2, 0.25) is 4.80 Å². The predicted octanol–water partition coefficient (Wildman–Crippen LogP) is 3.63. The van der Waals surface area contributed by atoms with Crippen molar-refractivity contribution in [1.29, 1.82) is 0 Å². The summed E-state index contributed by atoms with van der Waals surface area (Å²) < 4.78 is 1.87. The Morgan fingerprint density at radius 3 is 2.84 bits per heavy atom. The number of fused-ring (bicyclic) bond motifs is 2. The number of benzene rings is 1. The lowest BCUT2D eigenvalue weighted by Crippen LogP contribution is -2.25. The minimum Gasteiger partial charge on any atom is -0.504 e. The Balaban J connectivity index is 1.62. The molecule has 2 aliphatic carbocycles. The Morgan fingerprint density at radius 1 is 1.16 bits per heavy atom. The van der Waals surface area contributed by atoms with Gasteiger partial charge in [0.15, 0.2) is 11.5 Å². The van der Waals surface area contributed by atoms with Crippen LogP contribution in [0.2, 0.25) is 0 Å². The van der Waals surface area contributed by atoms with E-state index in [9.17, 15) is 10.2 Å². The van der Waals surface area contributed by atoms with Gasteiger partial charge in [-0.3, -0.25) is 4.99 Å². The first-order valence-corrected chi connectivity index (χ1v) is 9.75. The molecule has 132 valence electrons. The summed E-state index contributed by atoms with van der Waals surface area (Å²) in [4.78, 5) is 5.98. The first kappa shape index (κ1) is 16.4. The second-order valence-electron chi connectivity index (χ2n) is 7.18. The van der Waals surface area contributed by atoms with Crippen LogP contribution < -0.4 is 4.80 Å². The standard InChI is InChI=1S/C19H23N3O2S/c1-12-11-25-19(21-16-6-3-13-2-5-15(16)8-13)22(12)20-10-14-4-7-17(23)18(24)9-14/h4,7,9-11,13,15-16,23-24H,2-3,5-6,8H2,1H3/b20-10+,21-19-. The molecule has 3 unspecified atom stereocenters. The molecule has 0 radical (unpaired) electrons. The van der Waals surface area contributed by atoms with Crippen molar-refractivity contribution < 1.29 is 10.2 Å². The van der Waals surface area contributed by atoms with Gasteiger partial charge in [-0.2, -0.15) is 5.10 Å². The van der Waals surface area contributed by atoms with E-state index in [-0.39, 0.29) is 11.5 Å². The van der Waals surface area contributed by atoms with Crippen LogP contribution in [0.1, 0.15) is 43.4 Å². The molecule has 2 N–H and O–H groups in total. The smallest absolute Gasteiger partial charge is 0.206 e. The maximum atomic E-state index is 9.61. The first-order chi connectivity index (χ1) is 12.1. The summed E-state index contributed by atoms with van der Waals surface area (Å²) in [6.45, 7) is 2.02. The summed E-state index contributed by atoms with van der Waals surface area (Å²) >= 11 is 1.63. The number of aryl methyl sites for hydroxylation is 1. The summed E-state index contributed by atoms with van der Waals surface area (Å²) in [5, 5.41) is 25.6. The van der Waals surface area contributed by atoms with Crippen molar-refractivity contribution in [1.82, 2.24) is 4.68 Å². The number of rotatable bonds is 3. The first-order valence-electron chi connectivity index (χ1n) is 8.87. The van der Waals surface area contributed by atoms with Gasteiger partial charge < -0.3 is 10.2 Å². The molecule has 4 rings (SSSR count). The third kappa shape index (κ3) is 3.35. The van der Waals surface area contributed by atoms with Crippen molar-refractivity contribution in [3.05, 3.63) is 39.6 Å². The summed E-state index contributed by atoms with van der Waals surface area (Å²) in [7, 11) is 0. The fourth-order valence-corrected chi connectivity index (χ4v) is 4.90. The van der Waals surface area contributed by atoms with Crippen molar-refractivity contribution in [2.45, 2.75) is 45.1 Å². The van der Waals surface area contributed by atoms with E-state index < -0.39 is 0 Å². The largest absolute Gasteiger partial charge is 0.504 e. The maximum Gasteiger partial charge on any atom is 0.206 e. The number of phenols is 2. The van der Waals surface area contributed by atoms with E-state index in [2.05, 4.69) is 10.5 Å². The van der Waals surface area contributed by atoms with Crippen molar-refractivity contribution in [3.8, 4) is 11.5 Å². The SMILES string of the molecule is Cc1cs/c(=N\C2CCC3CCC2C3)n1/N=C/c1ccc(O)c(O)c1. The van der Waals surface area contributed by atoms with Crippen molar-refractivity contribution in [2.24, 2.45) is 21.9 Å². The minimum atomic E-state index is -0.140. The molecule has 2 saturated carbocycles. The maximum absolute atomic E-state index is 9.61. The molecular formula is C19H23N3O2S. The molecule has 3 atom stereocenters. The fraction of sp³-hybridized carbons (Fsp3) is 0.474. The lowest BCUT2D eigenvalue weighted by Gasteiger charge is -2.25. The van der Waals surface area contributed by atoms with Crippen molar-refractivity contribution in [3.63, 3.8) is 0 Å². The molecule has 0 amide bonds. The molecule has 1 heterocycles. The van der Waals surface area contributed by atoms with Crippen LogP contribution in [0.3, 0.4) is 0 Å². The predicted molar refractivity (Wildman–Crippen MR) is 99.2 cm³/mol. The Bertz CT molecular complexity index is 868. The molecule has 0 saturated heterocycles. The average molecular weight is 357 g/mol. The van der Waals surface area contributed by atoms with E-state index in [1.807, 2.05) is 11.6 Å². The Labute approximate surface area is 151 Å². The lowest BCUT2D eigenvalue weighted by molar-refractivity contribution is 0.311. The highest BCUT2D eigenvalue weighted by atomic mass is 32.1. The zero-order valence-electron chi connectivity index (χ0n) is 14.3. The normalized spacial score (nSPS) is 26.6. The number of hydrogen-bond donors (Lipinski definition) is 2. The third-order valence-corrected chi connectivity index (χ3v) is 6.39. The molecule has 2 fully saturated rings. The molecule has 1 aromatic heterocycles. The molecule has 1 aromatic carbocycles. The summed E-state index contributed by atoms with van der Waals surface area (Å²) in [5.74, 6) is 1.42. The lowest BCUT2D eigenvalue weighted by atomic mass is 9.85. The van der Waals surface area contributed by atoms with E-state index >= 15 is 0 Å². The monoisotopic (exact) mass is 357 g/mol. The molecule has 25 heavy (non-hydrogen) atoms. The molecule has 0 aliphatic heterocycles. The van der Waals surface area contributed by atoms with Crippen LogP contribution in [-0.4, -0.2) is 27.1 Å². The van der Waals surface area contributed by atoms with Gasteiger partial charge in [-0.15, -0.1) is 11.3 Å². The van der Waals surface area contributed by atoms with E-state index in [0.717, 1.165) is 27.9 Å². The quantitative estimate of drug-likeness (QED) is 0.650. The Hall–Kier alpha value is -2.08. The number of nitrogens with zero attached hydrogens (tertiary/aromatic N) is 3. The third-order valence-electron chi connectivity index (χ3n) is 5.44. The zero-order chi connectivity index (χ0) is 17.4. The van der Waals surface area contributed by atoms with Crippen LogP contribution >= 0.6 is 11.3 Å². The van der Waals surface area contributed by atoms with Crippen LogP contribution in [0.15, 0.2) is 33.7 Å². The van der Waals surface area contributed by atoms with Gasteiger partial charge in [0.1, 0.15) is 0 Å². The summed E-state index contributed by atoms with van der Waals surface area (Å²) in [6.07, 6.45) is 8.23. The average Bonchev–Trinajstić information content (AvgIpc) is 3.15. The number of phenolic OH excluding ortho intramolecular Hbond substituents is 2. The van der Waals surface area contributed by atoms with Crippen LogP contribution in [0.5, 0.6) is 11.5 Å². The van der Waals surface area contributed by atoms with Gasteiger partial charge in [0, 0.05) is 5.38 Å². The number of aromatic hydroxyl groups is 2. The van der Waals surface area contributed by atoms with Crippen LogP contribution in [0, 0.1) is 18.8 Å². The summed E-state index contributed by atoms with van der Waals surface area (Å²) in [5.41, 5.74) is 1.78.